The molecule has 1 aromatic rings. The summed E-state index contributed by atoms with van der Waals surface area (Å²) in [5.74, 6) is 1.35. The van der Waals surface area contributed by atoms with Crippen LogP contribution in [0, 0.1) is 5.92 Å². The van der Waals surface area contributed by atoms with E-state index in [1.165, 1.54) is 0 Å². The molecule has 0 aliphatic carbocycles. The highest BCUT2D eigenvalue weighted by atomic mass is 35.5. The number of rotatable bonds is 5. The smallest absolute Gasteiger partial charge is 0.137 e. The van der Waals surface area contributed by atoms with Gasteiger partial charge >= 0.3 is 0 Å². The molecule has 1 saturated heterocycles. The van der Waals surface area contributed by atoms with E-state index in [-0.39, 0.29) is 0 Å². The lowest BCUT2D eigenvalue weighted by Gasteiger charge is -2.22. The highest BCUT2D eigenvalue weighted by molar-refractivity contribution is 6.32. The summed E-state index contributed by atoms with van der Waals surface area (Å²) < 4.78 is 11.1. The van der Waals surface area contributed by atoms with Gasteiger partial charge in [-0.05, 0) is 49.4 Å². The van der Waals surface area contributed by atoms with Crippen LogP contribution in [-0.2, 0) is 11.2 Å². The van der Waals surface area contributed by atoms with Crippen molar-refractivity contribution < 1.29 is 9.47 Å². The monoisotopic (exact) mass is 269 g/mol. The van der Waals surface area contributed by atoms with Crippen molar-refractivity contribution in [3.05, 3.63) is 28.8 Å². The summed E-state index contributed by atoms with van der Waals surface area (Å²) in [7, 11) is 0. The first-order valence-electron chi connectivity index (χ1n) is 6.48. The van der Waals surface area contributed by atoms with Crippen LogP contribution in [-0.4, -0.2) is 26.4 Å². The summed E-state index contributed by atoms with van der Waals surface area (Å²) in [5.41, 5.74) is 6.67. The summed E-state index contributed by atoms with van der Waals surface area (Å²) in [4.78, 5) is 0. The molecule has 0 atom stereocenters. The van der Waals surface area contributed by atoms with Crippen LogP contribution in [0.3, 0.4) is 0 Å². The zero-order chi connectivity index (χ0) is 12.8. The van der Waals surface area contributed by atoms with Crippen LogP contribution in [0.25, 0.3) is 0 Å². The van der Waals surface area contributed by atoms with E-state index < -0.39 is 0 Å². The fourth-order valence-corrected chi connectivity index (χ4v) is 2.36. The van der Waals surface area contributed by atoms with Gasteiger partial charge in [0.2, 0.25) is 0 Å². The third-order valence-corrected chi connectivity index (χ3v) is 3.54. The maximum absolute atomic E-state index is 6.19. The van der Waals surface area contributed by atoms with Crippen LogP contribution in [0.2, 0.25) is 5.02 Å². The molecule has 0 aromatic heterocycles. The number of hydrogen-bond acceptors (Lipinski definition) is 3. The molecule has 0 unspecified atom stereocenters. The Morgan fingerprint density at radius 2 is 2.11 bits per heavy atom. The zero-order valence-electron chi connectivity index (χ0n) is 10.5. The van der Waals surface area contributed by atoms with Crippen molar-refractivity contribution >= 4 is 11.6 Å². The van der Waals surface area contributed by atoms with Gasteiger partial charge in [-0.25, -0.2) is 0 Å². The molecule has 100 valence electrons. The molecule has 2 N–H and O–H groups in total. The number of benzene rings is 1. The minimum Gasteiger partial charge on any atom is -0.492 e. The maximum Gasteiger partial charge on any atom is 0.137 e. The summed E-state index contributed by atoms with van der Waals surface area (Å²) in [5, 5.41) is 0.674. The number of ether oxygens (including phenoxy) is 2. The normalized spacial score (nSPS) is 16.8. The van der Waals surface area contributed by atoms with Crippen LogP contribution >= 0.6 is 11.6 Å². The first-order chi connectivity index (χ1) is 8.79. The average Bonchev–Trinajstić information content (AvgIpc) is 2.39. The van der Waals surface area contributed by atoms with E-state index in [0.29, 0.717) is 17.5 Å². The van der Waals surface area contributed by atoms with Gasteiger partial charge in [-0.1, -0.05) is 17.7 Å². The van der Waals surface area contributed by atoms with Gasteiger partial charge in [-0.3, -0.25) is 0 Å². The van der Waals surface area contributed by atoms with Gasteiger partial charge in [0.25, 0.3) is 0 Å². The summed E-state index contributed by atoms with van der Waals surface area (Å²) >= 11 is 6.19. The SMILES string of the molecule is NCCc1ccc(OCC2CCOCC2)c(Cl)c1. The van der Waals surface area contributed by atoms with E-state index in [9.17, 15) is 0 Å². The molecule has 1 aromatic carbocycles. The van der Waals surface area contributed by atoms with Crippen molar-refractivity contribution in [2.45, 2.75) is 19.3 Å². The summed E-state index contributed by atoms with van der Waals surface area (Å²) in [6.07, 6.45) is 2.99. The van der Waals surface area contributed by atoms with Crippen LogP contribution in [0.1, 0.15) is 18.4 Å². The fraction of sp³-hybridized carbons (Fsp3) is 0.571. The third-order valence-electron chi connectivity index (χ3n) is 3.24. The molecule has 2 rings (SSSR count). The van der Waals surface area contributed by atoms with Crippen LogP contribution in [0.15, 0.2) is 18.2 Å². The molecule has 0 saturated carbocycles. The van der Waals surface area contributed by atoms with Gasteiger partial charge in [0, 0.05) is 13.2 Å². The van der Waals surface area contributed by atoms with E-state index in [4.69, 9.17) is 26.8 Å². The first-order valence-corrected chi connectivity index (χ1v) is 6.86. The van der Waals surface area contributed by atoms with Crippen LogP contribution in [0.4, 0.5) is 0 Å². The Morgan fingerprint density at radius 3 is 2.78 bits per heavy atom. The molecule has 4 heteroatoms. The Hall–Kier alpha value is -0.770. The van der Waals surface area contributed by atoms with E-state index in [2.05, 4.69) is 0 Å². The molecule has 0 radical (unpaired) electrons. The minimum absolute atomic E-state index is 0.582. The predicted molar refractivity (Wildman–Crippen MR) is 73.2 cm³/mol. The van der Waals surface area contributed by atoms with E-state index in [1.54, 1.807) is 0 Å². The Kier molecular flexibility index (Phi) is 5.29. The highest BCUT2D eigenvalue weighted by Gasteiger charge is 2.15. The molecular weight excluding hydrogens is 250 g/mol. The third kappa shape index (κ3) is 3.87. The van der Waals surface area contributed by atoms with Gasteiger partial charge in [-0.15, -0.1) is 0 Å². The Labute approximate surface area is 113 Å². The second-order valence-corrected chi connectivity index (χ2v) is 5.08. The van der Waals surface area contributed by atoms with Gasteiger partial charge in [-0.2, -0.15) is 0 Å². The Balaban J connectivity index is 1.88. The quantitative estimate of drug-likeness (QED) is 0.894. The number of hydrogen-bond donors (Lipinski definition) is 1. The van der Waals surface area contributed by atoms with Crippen molar-refractivity contribution in [3.8, 4) is 5.75 Å². The largest absolute Gasteiger partial charge is 0.492 e. The summed E-state index contributed by atoms with van der Waals surface area (Å²) in [6, 6.07) is 5.90. The predicted octanol–water partition coefficient (Wildman–Crippen LogP) is 2.65. The second kappa shape index (κ2) is 6.98. The molecule has 1 aliphatic rings. The Morgan fingerprint density at radius 1 is 1.33 bits per heavy atom. The number of nitrogens with two attached hydrogens (primary N) is 1. The molecule has 1 fully saturated rings. The lowest BCUT2D eigenvalue weighted by Crippen LogP contribution is -2.21. The molecule has 1 aliphatic heterocycles. The number of halogens is 1. The highest BCUT2D eigenvalue weighted by Crippen LogP contribution is 2.27. The maximum atomic E-state index is 6.19. The fourth-order valence-electron chi connectivity index (χ4n) is 2.10. The van der Waals surface area contributed by atoms with Gasteiger partial charge in [0.1, 0.15) is 5.75 Å². The van der Waals surface area contributed by atoms with E-state index in [0.717, 1.165) is 50.4 Å². The molecule has 1 heterocycles. The molecule has 0 amide bonds. The lowest BCUT2D eigenvalue weighted by molar-refractivity contribution is 0.0498. The molecule has 18 heavy (non-hydrogen) atoms. The molecule has 3 nitrogen and oxygen atoms in total. The van der Waals surface area contributed by atoms with Crippen molar-refractivity contribution in [2.75, 3.05) is 26.4 Å². The molecule has 0 bridgehead atoms. The molecule has 0 spiro atoms. The first kappa shape index (κ1) is 13.7. The van der Waals surface area contributed by atoms with Gasteiger partial charge in [0.15, 0.2) is 0 Å². The van der Waals surface area contributed by atoms with Crippen molar-refractivity contribution in [2.24, 2.45) is 11.7 Å². The van der Waals surface area contributed by atoms with Gasteiger partial charge < -0.3 is 15.2 Å². The zero-order valence-corrected chi connectivity index (χ0v) is 11.3. The molecular formula is C14H20ClNO2. The van der Waals surface area contributed by atoms with E-state index in [1.807, 2.05) is 18.2 Å². The van der Waals surface area contributed by atoms with Crippen molar-refractivity contribution in [1.29, 1.82) is 0 Å². The minimum atomic E-state index is 0.582. The van der Waals surface area contributed by atoms with Crippen LogP contribution < -0.4 is 10.5 Å². The van der Waals surface area contributed by atoms with E-state index >= 15 is 0 Å². The van der Waals surface area contributed by atoms with Crippen molar-refractivity contribution in [1.82, 2.24) is 0 Å². The van der Waals surface area contributed by atoms with Gasteiger partial charge in [0.05, 0.1) is 11.6 Å². The second-order valence-electron chi connectivity index (χ2n) is 4.67. The van der Waals surface area contributed by atoms with Crippen LogP contribution in [0.5, 0.6) is 5.75 Å². The Bertz CT molecular complexity index is 378. The lowest BCUT2D eigenvalue weighted by atomic mass is 10.0. The van der Waals surface area contributed by atoms with Crippen molar-refractivity contribution in [3.63, 3.8) is 0 Å². The summed E-state index contributed by atoms with van der Waals surface area (Å²) in [6.45, 7) is 3.05. The average molecular weight is 270 g/mol. The topological polar surface area (TPSA) is 44.5 Å². The standard InChI is InChI=1S/C14H20ClNO2/c15-13-9-11(3-6-16)1-2-14(13)18-10-12-4-7-17-8-5-12/h1-2,9,12H,3-8,10,16H2.